The number of rotatable bonds is 6. The van der Waals surface area contributed by atoms with Gasteiger partial charge in [-0.25, -0.2) is 0 Å². The molecule has 2 aromatic carbocycles. The van der Waals surface area contributed by atoms with Gasteiger partial charge in [0.1, 0.15) is 6.04 Å². The van der Waals surface area contributed by atoms with Crippen molar-refractivity contribution < 1.29 is 4.90 Å². The van der Waals surface area contributed by atoms with Crippen LogP contribution in [0.4, 0.5) is 5.69 Å². The average molecular weight is 343 g/mol. The monoisotopic (exact) mass is 342 g/mol. The number of aryl methyl sites for hydroxylation is 2. The van der Waals surface area contributed by atoms with Gasteiger partial charge in [0.05, 0.1) is 20.6 Å². The fraction of sp³-hybridized carbons (Fsp3) is 0.350. The van der Waals surface area contributed by atoms with E-state index in [0.29, 0.717) is 11.2 Å². The molecule has 4 heteroatoms. The van der Waals surface area contributed by atoms with Crippen molar-refractivity contribution in [3.63, 3.8) is 0 Å². The minimum Gasteiger partial charge on any atom is -0.356 e. The number of nitrogens with one attached hydrogen (secondary N) is 3. The number of benzene rings is 2. The van der Waals surface area contributed by atoms with E-state index in [4.69, 9.17) is 12.2 Å². The zero-order chi connectivity index (χ0) is 17.5. The van der Waals surface area contributed by atoms with Gasteiger partial charge in [0.2, 0.25) is 0 Å². The largest absolute Gasteiger partial charge is 0.356 e. The highest BCUT2D eigenvalue weighted by Gasteiger charge is 2.17. The first-order chi connectivity index (χ1) is 11.5. The summed E-state index contributed by atoms with van der Waals surface area (Å²) in [6, 6.07) is 17.5. The molecule has 1 atom stereocenters. The first-order valence-corrected chi connectivity index (χ1v) is 8.90. The van der Waals surface area contributed by atoms with Crippen molar-refractivity contribution in [1.82, 2.24) is 5.32 Å². The standard InChI is InChI=1S/C20H27N3S/c1-5-16-9-11-17(12-10-16)19(23(3)4)14-21-20(24)22-18-8-6-7-15(2)13-18/h6-13,19H,5,14H2,1-4H3,(H2,21,22,24)/p+1/t19-/m0/s1. The van der Waals surface area contributed by atoms with Crippen LogP contribution in [0.3, 0.4) is 0 Å². The molecule has 128 valence electrons. The summed E-state index contributed by atoms with van der Waals surface area (Å²) >= 11 is 5.44. The average Bonchev–Trinajstić information content (AvgIpc) is 2.55. The van der Waals surface area contributed by atoms with Gasteiger partial charge >= 0.3 is 0 Å². The van der Waals surface area contributed by atoms with Gasteiger partial charge in [-0.05, 0) is 48.8 Å². The Kier molecular flexibility index (Phi) is 6.76. The van der Waals surface area contributed by atoms with Gasteiger partial charge in [0.25, 0.3) is 0 Å². The molecule has 2 rings (SSSR count). The summed E-state index contributed by atoms with van der Waals surface area (Å²) in [5, 5.41) is 7.28. The minimum absolute atomic E-state index is 0.355. The van der Waals surface area contributed by atoms with Crippen LogP contribution >= 0.6 is 12.2 Å². The summed E-state index contributed by atoms with van der Waals surface area (Å²) in [5.41, 5.74) is 4.94. The van der Waals surface area contributed by atoms with E-state index in [9.17, 15) is 0 Å². The van der Waals surface area contributed by atoms with E-state index in [1.165, 1.54) is 21.6 Å². The van der Waals surface area contributed by atoms with Gasteiger partial charge in [-0.1, -0.05) is 43.3 Å². The molecule has 3 N–H and O–H groups in total. The van der Waals surface area contributed by atoms with E-state index in [1.807, 2.05) is 12.1 Å². The van der Waals surface area contributed by atoms with Crippen LogP contribution in [-0.2, 0) is 6.42 Å². The number of hydrogen-bond acceptors (Lipinski definition) is 1. The summed E-state index contributed by atoms with van der Waals surface area (Å²) in [5.74, 6) is 0. The van der Waals surface area contributed by atoms with Gasteiger partial charge in [0, 0.05) is 11.3 Å². The van der Waals surface area contributed by atoms with Crippen molar-refractivity contribution in [1.29, 1.82) is 0 Å². The molecule has 3 nitrogen and oxygen atoms in total. The van der Waals surface area contributed by atoms with E-state index in [2.05, 4.69) is 75.0 Å². The Hall–Kier alpha value is -1.91. The lowest BCUT2D eigenvalue weighted by Gasteiger charge is -2.23. The lowest BCUT2D eigenvalue weighted by Crippen LogP contribution is -3.07. The summed E-state index contributed by atoms with van der Waals surface area (Å²) in [6.45, 7) is 5.05. The van der Waals surface area contributed by atoms with Crippen molar-refractivity contribution in [2.24, 2.45) is 0 Å². The first kappa shape index (κ1) is 18.4. The van der Waals surface area contributed by atoms with Gasteiger partial charge in [-0.2, -0.15) is 0 Å². The summed E-state index contributed by atoms with van der Waals surface area (Å²) in [6.07, 6.45) is 1.07. The van der Waals surface area contributed by atoms with Crippen molar-refractivity contribution >= 4 is 23.0 Å². The summed E-state index contributed by atoms with van der Waals surface area (Å²) < 4.78 is 0. The lowest BCUT2D eigenvalue weighted by atomic mass is 10.0. The first-order valence-electron chi connectivity index (χ1n) is 8.50. The quantitative estimate of drug-likeness (QED) is 0.705. The molecule has 0 aliphatic heterocycles. The maximum atomic E-state index is 5.44. The number of anilines is 1. The van der Waals surface area contributed by atoms with Crippen LogP contribution in [-0.4, -0.2) is 25.8 Å². The van der Waals surface area contributed by atoms with Crippen molar-refractivity contribution in [3.8, 4) is 0 Å². The highest BCUT2D eigenvalue weighted by molar-refractivity contribution is 7.80. The molecule has 0 bridgehead atoms. The second-order valence-electron chi connectivity index (χ2n) is 6.43. The Morgan fingerprint density at radius 1 is 1.12 bits per heavy atom. The maximum absolute atomic E-state index is 5.44. The third-order valence-electron chi connectivity index (χ3n) is 4.23. The van der Waals surface area contributed by atoms with E-state index in [-0.39, 0.29) is 0 Å². The highest BCUT2D eigenvalue weighted by Crippen LogP contribution is 2.12. The molecule has 0 fully saturated rings. The van der Waals surface area contributed by atoms with Crippen molar-refractivity contribution in [2.75, 3.05) is 26.0 Å². The molecule has 0 radical (unpaired) electrons. The van der Waals surface area contributed by atoms with Crippen LogP contribution in [0.2, 0.25) is 0 Å². The Labute approximate surface area is 151 Å². The van der Waals surface area contributed by atoms with Crippen LogP contribution < -0.4 is 15.5 Å². The maximum Gasteiger partial charge on any atom is 0.171 e. The molecule has 0 unspecified atom stereocenters. The number of quaternary nitrogens is 1. The molecule has 0 saturated carbocycles. The molecular weight excluding hydrogens is 314 g/mol. The minimum atomic E-state index is 0.355. The molecule has 2 aromatic rings. The Morgan fingerprint density at radius 3 is 2.42 bits per heavy atom. The van der Waals surface area contributed by atoms with Crippen molar-refractivity contribution in [3.05, 3.63) is 65.2 Å². The normalized spacial score (nSPS) is 12.0. The molecule has 24 heavy (non-hydrogen) atoms. The van der Waals surface area contributed by atoms with Crippen LogP contribution in [0, 0.1) is 6.92 Å². The third-order valence-corrected chi connectivity index (χ3v) is 4.48. The molecule has 0 aliphatic rings. The smallest absolute Gasteiger partial charge is 0.171 e. The van der Waals surface area contributed by atoms with E-state index < -0.39 is 0 Å². The molecule has 0 aliphatic carbocycles. The van der Waals surface area contributed by atoms with E-state index >= 15 is 0 Å². The van der Waals surface area contributed by atoms with Gasteiger partial charge in [-0.3, -0.25) is 0 Å². The fourth-order valence-electron chi connectivity index (χ4n) is 2.73. The van der Waals surface area contributed by atoms with Crippen LogP contribution in [0.1, 0.15) is 29.7 Å². The van der Waals surface area contributed by atoms with Gasteiger partial charge in [-0.15, -0.1) is 0 Å². The SMILES string of the molecule is CCc1ccc([C@H](CNC(=S)Nc2cccc(C)c2)[NH+](C)C)cc1. The zero-order valence-electron chi connectivity index (χ0n) is 15.0. The third kappa shape index (κ3) is 5.32. The van der Waals surface area contributed by atoms with Crippen LogP contribution in [0.5, 0.6) is 0 Å². The number of hydrogen-bond donors (Lipinski definition) is 3. The molecular formula is C20H28N3S+. The predicted molar refractivity (Wildman–Crippen MR) is 107 cm³/mol. The second-order valence-corrected chi connectivity index (χ2v) is 6.84. The molecule has 0 heterocycles. The Morgan fingerprint density at radius 2 is 1.83 bits per heavy atom. The van der Waals surface area contributed by atoms with E-state index in [1.54, 1.807) is 0 Å². The van der Waals surface area contributed by atoms with Crippen LogP contribution in [0.15, 0.2) is 48.5 Å². The molecule has 0 aromatic heterocycles. The molecule has 0 amide bonds. The second kappa shape index (κ2) is 8.81. The lowest BCUT2D eigenvalue weighted by molar-refractivity contribution is -0.890. The topological polar surface area (TPSA) is 28.5 Å². The number of likely N-dealkylation sites (N-methyl/N-ethyl adjacent to an activating group) is 1. The predicted octanol–water partition coefficient (Wildman–Crippen LogP) is 2.73. The van der Waals surface area contributed by atoms with Gasteiger partial charge < -0.3 is 15.5 Å². The zero-order valence-corrected chi connectivity index (χ0v) is 15.8. The van der Waals surface area contributed by atoms with Gasteiger partial charge in [0.15, 0.2) is 5.11 Å². The van der Waals surface area contributed by atoms with E-state index in [0.717, 1.165) is 18.7 Å². The Bertz CT molecular complexity index is 665. The highest BCUT2D eigenvalue weighted by atomic mass is 32.1. The summed E-state index contributed by atoms with van der Waals surface area (Å²) in [7, 11) is 4.36. The van der Waals surface area contributed by atoms with Crippen molar-refractivity contribution in [2.45, 2.75) is 26.3 Å². The molecule has 0 spiro atoms. The van der Waals surface area contributed by atoms with Crippen LogP contribution in [0.25, 0.3) is 0 Å². The molecule has 0 saturated heterocycles. The fourth-order valence-corrected chi connectivity index (χ4v) is 2.94. The number of thiocarbonyl (C=S) groups is 1. The Balaban J connectivity index is 1.96. The summed E-state index contributed by atoms with van der Waals surface area (Å²) in [4.78, 5) is 1.38.